The van der Waals surface area contributed by atoms with Crippen molar-refractivity contribution in [2.45, 2.75) is 32.3 Å². The first kappa shape index (κ1) is 6.75. The molecule has 0 aromatic rings. The van der Waals surface area contributed by atoms with Gasteiger partial charge < -0.3 is 0 Å². The predicted molar refractivity (Wildman–Crippen MR) is 32.5 cm³/mol. The van der Waals surface area contributed by atoms with Crippen LogP contribution in [0.2, 0.25) is 0 Å². The first-order valence-electron chi connectivity index (χ1n) is 3.41. The van der Waals surface area contributed by atoms with Crippen molar-refractivity contribution in [3.05, 3.63) is 0 Å². The third-order valence-corrected chi connectivity index (χ3v) is 1.91. The molecule has 2 unspecified atom stereocenters. The van der Waals surface area contributed by atoms with Crippen LogP contribution in [0.3, 0.4) is 0 Å². The van der Waals surface area contributed by atoms with Crippen molar-refractivity contribution in [2.75, 3.05) is 0 Å². The van der Waals surface area contributed by atoms with Crippen LogP contribution in [0, 0.1) is 5.92 Å². The van der Waals surface area contributed by atoms with Crippen molar-refractivity contribution < 1.29 is 9.90 Å². The molecule has 1 rings (SSSR count). The second kappa shape index (κ2) is 2.48. The lowest BCUT2D eigenvalue weighted by atomic mass is 9.87. The monoisotopic (exact) mass is 127 g/mol. The molecule has 0 aromatic carbocycles. The van der Waals surface area contributed by atoms with E-state index in [1.54, 1.807) is 0 Å². The van der Waals surface area contributed by atoms with Gasteiger partial charge in [0.15, 0.2) is 11.9 Å². The van der Waals surface area contributed by atoms with Gasteiger partial charge in [-0.25, -0.2) is 5.11 Å². The molecule has 0 amide bonds. The summed E-state index contributed by atoms with van der Waals surface area (Å²) < 4.78 is 0. The highest BCUT2D eigenvalue weighted by atomic mass is 16.3. The molecule has 2 atom stereocenters. The minimum absolute atomic E-state index is 0.0289. The summed E-state index contributed by atoms with van der Waals surface area (Å²) in [6.07, 6.45) is 1.50. The summed E-state index contributed by atoms with van der Waals surface area (Å²) in [5.74, 6) is -0.0532. The van der Waals surface area contributed by atoms with Crippen molar-refractivity contribution in [3.8, 4) is 0 Å². The SMILES string of the molecule is CC1CCCC([O])C1=O. The molecule has 0 saturated heterocycles. The van der Waals surface area contributed by atoms with Crippen molar-refractivity contribution >= 4 is 5.78 Å². The largest absolute Gasteiger partial charge is 0.296 e. The Bertz CT molecular complexity index is 108. The van der Waals surface area contributed by atoms with E-state index in [2.05, 4.69) is 0 Å². The van der Waals surface area contributed by atoms with Gasteiger partial charge in [-0.2, -0.15) is 0 Å². The molecule has 1 fully saturated rings. The van der Waals surface area contributed by atoms with Crippen LogP contribution in [-0.2, 0) is 9.90 Å². The van der Waals surface area contributed by atoms with Crippen LogP contribution in [-0.4, -0.2) is 11.9 Å². The highest BCUT2D eigenvalue weighted by Crippen LogP contribution is 2.20. The van der Waals surface area contributed by atoms with Crippen LogP contribution in [0.25, 0.3) is 0 Å². The Hall–Kier alpha value is -0.370. The fourth-order valence-electron chi connectivity index (χ4n) is 1.21. The Morgan fingerprint density at radius 1 is 1.44 bits per heavy atom. The number of hydrogen-bond donors (Lipinski definition) is 0. The Kier molecular flexibility index (Phi) is 1.86. The van der Waals surface area contributed by atoms with E-state index in [0.29, 0.717) is 6.42 Å². The van der Waals surface area contributed by atoms with E-state index in [1.165, 1.54) is 0 Å². The van der Waals surface area contributed by atoms with Crippen molar-refractivity contribution in [3.63, 3.8) is 0 Å². The Morgan fingerprint density at radius 3 is 2.56 bits per heavy atom. The average Bonchev–Trinajstić information content (AvgIpc) is 1.83. The number of Topliss-reactive ketones (excluding diaryl/α,β-unsaturated/α-hetero) is 1. The van der Waals surface area contributed by atoms with Gasteiger partial charge in [-0.05, 0) is 19.3 Å². The quantitative estimate of drug-likeness (QED) is 0.481. The van der Waals surface area contributed by atoms with Gasteiger partial charge in [0, 0.05) is 5.92 Å². The maximum absolute atomic E-state index is 10.8. The fourth-order valence-corrected chi connectivity index (χ4v) is 1.21. The summed E-state index contributed by atoms with van der Waals surface area (Å²) in [4.78, 5) is 10.8. The summed E-state index contributed by atoms with van der Waals surface area (Å²) in [7, 11) is 0. The number of carbonyl (C=O) groups is 1. The molecule has 0 aliphatic heterocycles. The Balaban J connectivity index is 2.52. The first-order chi connectivity index (χ1) is 4.22. The molecule has 1 aliphatic carbocycles. The van der Waals surface area contributed by atoms with Gasteiger partial charge in [0.1, 0.15) is 0 Å². The molecule has 2 nitrogen and oxygen atoms in total. The average molecular weight is 127 g/mol. The van der Waals surface area contributed by atoms with E-state index in [0.717, 1.165) is 12.8 Å². The Morgan fingerprint density at radius 2 is 2.11 bits per heavy atom. The zero-order valence-electron chi connectivity index (χ0n) is 5.59. The topological polar surface area (TPSA) is 37.0 Å². The Labute approximate surface area is 54.9 Å². The third kappa shape index (κ3) is 1.30. The van der Waals surface area contributed by atoms with Crippen molar-refractivity contribution in [2.24, 2.45) is 5.92 Å². The molecule has 51 valence electrons. The first-order valence-corrected chi connectivity index (χ1v) is 3.41. The molecular weight excluding hydrogens is 116 g/mol. The van der Waals surface area contributed by atoms with Gasteiger partial charge in [-0.15, -0.1) is 0 Å². The number of hydrogen-bond acceptors (Lipinski definition) is 1. The summed E-state index contributed by atoms with van der Waals surface area (Å²) in [5, 5.41) is 10.7. The molecule has 0 bridgehead atoms. The molecular formula is C7H11O2. The molecule has 1 saturated carbocycles. The smallest absolute Gasteiger partial charge is 0.167 e. The molecule has 2 heteroatoms. The van der Waals surface area contributed by atoms with Crippen LogP contribution in [0.1, 0.15) is 26.2 Å². The highest BCUT2D eigenvalue weighted by molar-refractivity contribution is 5.85. The van der Waals surface area contributed by atoms with Crippen LogP contribution in [0.5, 0.6) is 0 Å². The summed E-state index contributed by atoms with van der Waals surface area (Å²) >= 11 is 0. The maximum Gasteiger partial charge on any atom is 0.167 e. The molecule has 0 spiro atoms. The summed E-state index contributed by atoms with van der Waals surface area (Å²) in [5.41, 5.74) is 0. The van der Waals surface area contributed by atoms with Crippen LogP contribution < -0.4 is 0 Å². The van der Waals surface area contributed by atoms with Gasteiger partial charge in [-0.3, -0.25) is 4.79 Å². The van der Waals surface area contributed by atoms with Crippen LogP contribution >= 0.6 is 0 Å². The lowest BCUT2D eigenvalue weighted by molar-refractivity contribution is -0.137. The molecule has 0 N–H and O–H groups in total. The molecule has 1 aliphatic rings. The van der Waals surface area contributed by atoms with E-state index >= 15 is 0 Å². The summed E-state index contributed by atoms with van der Waals surface area (Å²) in [6, 6.07) is 0. The minimum Gasteiger partial charge on any atom is -0.296 e. The second-order valence-electron chi connectivity index (χ2n) is 2.72. The van der Waals surface area contributed by atoms with Gasteiger partial charge in [0.25, 0.3) is 0 Å². The van der Waals surface area contributed by atoms with E-state index < -0.39 is 6.10 Å². The maximum atomic E-state index is 10.8. The number of carbonyl (C=O) groups excluding carboxylic acids is 1. The lowest BCUT2D eigenvalue weighted by Gasteiger charge is -2.18. The van der Waals surface area contributed by atoms with Crippen molar-refractivity contribution in [1.29, 1.82) is 0 Å². The normalized spacial score (nSPS) is 36.9. The molecule has 0 heterocycles. The zero-order valence-corrected chi connectivity index (χ0v) is 5.59. The standard InChI is InChI=1S/C7H11O2/c1-5-3-2-4-6(8)7(5)9/h5-6H,2-4H2,1H3. The zero-order chi connectivity index (χ0) is 6.85. The van der Waals surface area contributed by atoms with Gasteiger partial charge >= 0.3 is 0 Å². The minimum atomic E-state index is -0.909. The van der Waals surface area contributed by atoms with Crippen LogP contribution in [0.15, 0.2) is 0 Å². The number of ketones is 1. The lowest BCUT2D eigenvalue weighted by Crippen LogP contribution is -2.29. The molecule has 0 aromatic heterocycles. The van der Waals surface area contributed by atoms with E-state index in [9.17, 15) is 9.90 Å². The predicted octanol–water partition coefficient (Wildman–Crippen LogP) is 1.17. The number of rotatable bonds is 0. The van der Waals surface area contributed by atoms with E-state index in [1.807, 2.05) is 6.92 Å². The van der Waals surface area contributed by atoms with Gasteiger partial charge in [-0.1, -0.05) is 6.92 Å². The van der Waals surface area contributed by atoms with Gasteiger partial charge in [0.05, 0.1) is 0 Å². The summed E-state index contributed by atoms with van der Waals surface area (Å²) in [6.45, 7) is 1.84. The van der Waals surface area contributed by atoms with Gasteiger partial charge in [0.2, 0.25) is 0 Å². The second-order valence-corrected chi connectivity index (χ2v) is 2.72. The molecule has 9 heavy (non-hydrogen) atoms. The van der Waals surface area contributed by atoms with Crippen molar-refractivity contribution in [1.82, 2.24) is 0 Å². The van der Waals surface area contributed by atoms with E-state index in [-0.39, 0.29) is 11.7 Å². The fraction of sp³-hybridized carbons (Fsp3) is 0.857. The van der Waals surface area contributed by atoms with Crippen LogP contribution in [0.4, 0.5) is 0 Å². The van der Waals surface area contributed by atoms with E-state index in [4.69, 9.17) is 0 Å². The third-order valence-electron chi connectivity index (χ3n) is 1.91. The molecule has 1 radical (unpaired) electrons. The highest BCUT2D eigenvalue weighted by Gasteiger charge is 2.26.